The molecule has 2 aromatic heterocycles. The van der Waals surface area contributed by atoms with E-state index in [1.54, 1.807) is 25.3 Å². The van der Waals surface area contributed by atoms with Gasteiger partial charge in [0.25, 0.3) is 11.5 Å². The van der Waals surface area contributed by atoms with E-state index in [1.165, 1.54) is 10.5 Å². The van der Waals surface area contributed by atoms with E-state index in [2.05, 4.69) is 5.32 Å². The molecule has 0 aliphatic rings. The van der Waals surface area contributed by atoms with Crippen molar-refractivity contribution in [3.63, 3.8) is 0 Å². The Bertz CT molecular complexity index is 1410. The molecule has 7 heteroatoms. The van der Waals surface area contributed by atoms with Crippen molar-refractivity contribution < 1.29 is 4.79 Å². The second kappa shape index (κ2) is 10.9. The Morgan fingerprint density at radius 2 is 1.60 bits per heavy atom. The SMILES string of the molecule is CCNC(=O)C(C#N)=Cc1c(N(Cc2ccccc2)Cc2ccccc2)nc2ccccn2c1=O. The van der Waals surface area contributed by atoms with Gasteiger partial charge in [-0.1, -0.05) is 66.7 Å². The molecule has 0 radical (unpaired) electrons. The number of nitrogens with one attached hydrogen (secondary N) is 1. The summed E-state index contributed by atoms with van der Waals surface area (Å²) < 4.78 is 1.42. The number of amides is 1. The fraction of sp³-hybridized carbons (Fsp3) is 0.143. The van der Waals surface area contributed by atoms with Gasteiger partial charge in [-0.05, 0) is 36.3 Å². The second-order valence-electron chi connectivity index (χ2n) is 7.94. The molecular formula is C28H25N5O2. The van der Waals surface area contributed by atoms with Crippen LogP contribution in [-0.2, 0) is 17.9 Å². The van der Waals surface area contributed by atoms with Crippen LogP contribution < -0.4 is 15.8 Å². The van der Waals surface area contributed by atoms with Crippen molar-refractivity contribution in [2.45, 2.75) is 20.0 Å². The van der Waals surface area contributed by atoms with Gasteiger partial charge in [0.05, 0.1) is 5.56 Å². The van der Waals surface area contributed by atoms with Crippen molar-refractivity contribution in [1.29, 1.82) is 5.26 Å². The van der Waals surface area contributed by atoms with Gasteiger partial charge in [0, 0.05) is 25.8 Å². The summed E-state index contributed by atoms with van der Waals surface area (Å²) in [4.78, 5) is 32.9. The van der Waals surface area contributed by atoms with Crippen LogP contribution >= 0.6 is 0 Å². The molecule has 1 amide bonds. The van der Waals surface area contributed by atoms with Gasteiger partial charge in [0.2, 0.25) is 0 Å². The van der Waals surface area contributed by atoms with E-state index in [0.29, 0.717) is 31.1 Å². The zero-order chi connectivity index (χ0) is 24.6. The molecule has 0 atom stereocenters. The summed E-state index contributed by atoms with van der Waals surface area (Å²) in [6.07, 6.45) is 2.97. The van der Waals surface area contributed by atoms with Crippen LogP contribution in [-0.4, -0.2) is 21.8 Å². The number of likely N-dealkylation sites (N-methyl/N-ethyl adjacent to an activating group) is 1. The third kappa shape index (κ3) is 5.45. The van der Waals surface area contributed by atoms with Crippen LogP contribution in [0.15, 0.2) is 95.4 Å². The number of anilines is 1. The number of hydrogen-bond donors (Lipinski definition) is 1. The summed E-state index contributed by atoms with van der Waals surface area (Å²) in [6, 6.07) is 27.0. The van der Waals surface area contributed by atoms with Crippen molar-refractivity contribution >= 4 is 23.4 Å². The number of carbonyl (C=O) groups is 1. The lowest BCUT2D eigenvalue weighted by atomic mass is 10.1. The maximum absolute atomic E-state index is 13.6. The first-order chi connectivity index (χ1) is 17.1. The van der Waals surface area contributed by atoms with E-state index >= 15 is 0 Å². The fourth-order valence-electron chi connectivity index (χ4n) is 3.82. The van der Waals surface area contributed by atoms with Gasteiger partial charge in [-0.15, -0.1) is 0 Å². The maximum atomic E-state index is 13.6. The number of fused-ring (bicyclic) bond motifs is 1. The number of pyridine rings is 1. The first kappa shape index (κ1) is 23.5. The minimum atomic E-state index is -0.531. The van der Waals surface area contributed by atoms with E-state index in [4.69, 9.17) is 4.98 Å². The Morgan fingerprint density at radius 3 is 2.17 bits per heavy atom. The number of hydrogen-bond acceptors (Lipinski definition) is 5. The minimum absolute atomic E-state index is 0.151. The lowest BCUT2D eigenvalue weighted by Gasteiger charge is -2.26. The van der Waals surface area contributed by atoms with Gasteiger partial charge in [-0.3, -0.25) is 14.0 Å². The Kier molecular flexibility index (Phi) is 7.34. The number of benzene rings is 2. The Labute approximate surface area is 203 Å². The molecule has 0 bridgehead atoms. The number of nitriles is 1. The molecule has 0 fully saturated rings. The van der Waals surface area contributed by atoms with Crippen LogP contribution in [0.3, 0.4) is 0 Å². The molecule has 2 heterocycles. The van der Waals surface area contributed by atoms with Crippen molar-refractivity contribution in [3.8, 4) is 6.07 Å². The highest BCUT2D eigenvalue weighted by molar-refractivity contribution is 6.02. The van der Waals surface area contributed by atoms with E-state index in [-0.39, 0.29) is 16.7 Å². The maximum Gasteiger partial charge on any atom is 0.267 e. The third-order valence-corrected chi connectivity index (χ3v) is 5.47. The van der Waals surface area contributed by atoms with Crippen LogP contribution in [0.1, 0.15) is 23.6 Å². The number of rotatable bonds is 8. The smallest absolute Gasteiger partial charge is 0.267 e. The zero-order valence-electron chi connectivity index (χ0n) is 19.4. The molecule has 0 saturated heterocycles. The van der Waals surface area contributed by atoms with Gasteiger partial charge < -0.3 is 10.2 Å². The molecule has 0 saturated carbocycles. The molecule has 0 unspecified atom stereocenters. The Hall–Kier alpha value is -4.70. The highest BCUT2D eigenvalue weighted by Gasteiger charge is 2.20. The molecule has 4 aromatic rings. The molecule has 0 aliphatic carbocycles. The predicted molar refractivity (Wildman–Crippen MR) is 137 cm³/mol. The van der Waals surface area contributed by atoms with Crippen LogP contribution in [0.5, 0.6) is 0 Å². The first-order valence-electron chi connectivity index (χ1n) is 11.3. The van der Waals surface area contributed by atoms with Crippen LogP contribution in [0.2, 0.25) is 0 Å². The van der Waals surface area contributed by atoms with E-state index < -0.39 is 5.91 Å². The Balaban J connectivity index is 1.93. The number of nitrogens with zero attached hydrogens (tertiary/aromatic N) is 4. The average molecular weight is 464 g/mol. The summed E-state index contributed by atoms with van der Waals surface area (Å²) >= 11 is 0. The lowest BCUT2D eigenvalue weighted by Crippen LogP contribution is -2.29. The summed E-state index contributed by atoms with van der Waals surface area (Å²) in [7, 11) is 0. The molecular weight excluding hydrogens is 438 g/mol. The highest BCUT2D eigenvalue weighted by atomic mass is 16.1. The fourth-order valence-corrected chi connectivity index (χ4v) is 3.82. The summed E-state index contributed by atoms with van der Waals surface area (Å²) in [5.41, 5.74) is 2.24. The Morgan fingerprint density at radius 1 is 1.00 bits per heavy atom. The molecule has 1 N–H and O–H groups in total. The first-order valence-corrected chi connectivity index (χ1v) is 11.3. The average Bonchev–Trinajstić information content (AvgIpc) is 2.89. The van der Waals surface area contributed by atoms with Crippen molar-refractivity contribution in [1.82, 2.24) is 14.7 Å². The van der Waals surface area contributed by atoms with Crippen LogP contribution in [0.25, 0.3) is 11.7 Å². The summed E-state index contributed by atoms with van der Waals surface area (Å²) in [5, 5.41) is 12.3. The summed E-state index contributed by atoms with van der Waals surface area (Å²) in [5.74, 6) is -0.123. The predicted octanol–water partition coefficient (Wildman–Crippen LogP) is 3.94. The van der Waals surface area contributed by atoms with Crippen molar-refractivity contribution in [3.05, 3.63) is 118 Å². The van der Waals surface area contributed by atoms with Gasteiger partial charge in [-0.25, -0.2) is 4.98 Å². The van der Waals surface area contributed by atoms with Gasteiger partial charge in [0.1, 0.15) is 23.1 Å². The molecule has 7 nitrogen and oxygen atoms in total. The molecule has 4 rings (SSSR count). The van der Waals surface area contributed by atoms with E-state index in [0.717, 1.165) is 11.1 Å². The van der Waals surface area contributed by atoms with Gasteiger partial charge in [-0.2, -0.15) is 5.26 Å². The van der Waals surface area contributed by atoms with E-state index in [9.17, 15) is 14.9 Å². The van der Waals surface area contributed by atoms with Crippen molar-refractivity contribution in [2.24, 2.45) is 0 Å². The van der Waals surface area contributed by atoms with Crippen LogP contribution in [0.4, 0.5) is 5.82 Å². The zero-order valence-corrected chi connectivity index (χ0v) is 19.4. The second-order valence-corrected chi connectivity index (χ2v) is 7.94. The molecule has 0 spiro atoms. The quantitative estimate of drug-likeness (QED) is 0.316. The minimum Gasteiger partial charge on any atom is -0.352 e. The third-order valence-electron chi connectivity index (χ3n) is 5.47. The monoisotopic (exact) mass is 463 g/mol. The van der Waals surface area contributed by atoms with Crippen LogP contribution in [0, 0.1) is 11.3 Å². The van der Waals surface area contributed by atoms with Crippen molar-refractivity contribution in [2.75, 3.05) is 11.4 Å². The summed E-state index contributed by atoms with van der Waals surface area (Å²) in [6.45, 7) is 3.10. The topological polar surface area (TPSA) is 90.5 Å². The van der Waals surface area contributed by atoms with Gasteiger partial charge >= 0.3 is 0 Å². The molecule has 2 aromatic carbocycles. The lowest BCUT2D eigenvalue weighted by molar-refractivity contribution is -0.116. The standard InChI is InChI=1S/C28H25N5O2/c1-2-30-27(34)23(18-29)17-24-26(31-25-15-9-10-16-33(25)28(24)35)32(19-21-11-5-3-6-12-21)20-22-13-7-4-8-14-22/h3-17H,2,19-20H2,1H3,(H,30,34). The number of aromatic nitrogens is 2. The van der Waals surface area contributed by atoms with Gasteiger partial charge in [0.15, 0.2) is 0 Å². The largest absolute Gasteiger partial charge is 0.352 e. The van der Waals surface area contributed by atoms with E-state index in [1.807, 2.05) is 77.7 Å². The number of carbonyl (C=O) groups excluding carboxylic acids is 1. The molecule has 0 aliphatic heterocycles. The highest BCUT2D eigenvalue weighted by Crippen LogP contribution is 2.23. The molecule has 174 valence electrons. The normalized spacial score (nSPS) is 11.1. The molecule has 35 heavy (non-hydrogen) atoms.